The summed E-state index contributed by atoms with van der Waals surface area (Å²) in [6.45, 7) is 7.49. The van der Waals surface area contributed by atoms with Crippen LogP contribution in [0.25, 0.3) is 0 Å². The fraction of sp³-hybridized carbons (Fsp3) is 1.00. The SMILES string of the molecule is C1CNCCN(C2CCOC3(CCOCC3)C2)C1. The molecule has 104 valence electrons. The molecule has 0 amide bonds. The van der Waals surface area contributed by atoms with E-state index in [2.05, 4.69) is 10.2 Å². The van der Waals surface area contributed by atoms with E-state index in [-0.39, 0.29) is 5.60 Å². The molecule has 0 bridgehead atoms. The minimum Gasteiger partial charge on any atom is -0.381 e. The molecule has 1 atom stereocenters. The number of hydrogen-bond donors (Lipinski definition) is 1. The van der Waals surface area contributed by atoms with Crippen LogP contribution in [0.2, 0.25) is 0 Å². The highest BCUT2D eigenvalue weighted by Crippen LogP contribution is 2.36. The second kappa shape index (κ2) is 5.87. The van der Waals surface area contributed by atoms with Crippen molar-refractivity contribution < 1.29 is 9.47 Å². The molecule has 3 aliphatic rings. The summed E-state index contributed by atoms with van der Waals surface area (Å²) in [5.74, 6) is 0. The minimum atomic E-state index is 0.140. The lowest BCUT2D eigenvalue weighted by atomic mass is 9.83. The maximum absolute atomic E-state index is 6.14. The molecule has 1 spiro atoms. The fourth-order valence-corrected chi connectivity index (χ4v) is 3.64. The Morgan fingerprint density at radius 3 is 2.83 bits per heavy atom. The Kier molecular flexibility index (Phi) is 4.19. The highest BCUT2D eigenvalue weighted by Gasteiger charge is 2.40. The van der Waals surface area contributed by atoms with Gasteiger partial charge in [0.25, 0.3) is 0 Å². The van der Waals surface area contributed by atoms with Crippen LogP contribution in [0.1, 0.15) is 32.1 Å². The normalized spacial score (nSPS) is 34.3. The Morgan fingerprint density at radius 2 is 1.94 bits per heavy atom. The maximum Gasteiger partial charge on any atom is 0.0741 e. The summed E-state index contributed by atoms with van der Waals surface area (Å²) in [6.07, 6.45) is 5.90. The van der Waals surface area contributed by atoms with E-state index in [1.54, 1.807) is 0 Å². The van der Waals surface area contributed by atoms with E-state index in [0.29, 0.717) is 0 Å². The molecule has 1 unspecified atom stereocenters. The van der Waals surface area contributed by atoms with Crippen LogP contribution in [-0.2, 0) is 9.47 Å². The van der Waals surface area contributed by atoms with Gasteiger partial charge in [0.05, 0.1) is 5.60 Å². The molecule has 4 heteroatoms. The number of ether oxygens (including phenoxy) is 2. The molecular formula is C14H26N2O2. The van der Waals surface area contributed by atoms with Gasteiger partial charge in [-0.3, -0.25) is 4.90 Å². The minimum absolute atomic E-state index is 0.140. The van der Waals surface area contributed by atoms with Crippen LogP contribution in [0.3, 0.4) is 0 Å². The van der Waals surface area contributed by atoms with Crippen LogP contribution >= 0.6 is 0 Å². The van der Waals surface area contributed by atoms with Crippen molar-refractivity contribution in [3.63, 3.8) is 0 Å². The number of nitrogens with one attached hydrogen (secondary N) is 1. The van der Waals surface area contributed by atoms with Gasteiger partial charge >= 0.3 is 0 Å². The van der Waals surface area contributed by atoms with Crippen molar-refractivity contribution in [2.75, 3.05) is 46.0 Å². The van der Waals surface area contributed by atoms with E-state index in [0.717, 1.165) is 45.2 Å². The lowest BCUT2D eigenvalue weighted by Gasteiger charge is -2.46. The summed E-state index contributed by atoms with van der Waals surface area (Å²) in [6, 6.07) is 0.733. The molecule has 0 aliphatic carbocycles. The van der Waals surface area contributed by atoms with Gasteiger partial charge in [-0.25, -0.2) is 0 Å². The molecule has 3 saturated heterocycles. The second-order valence-electron chi connectivity index (χ2n) is 5.93. The largest absolute Gasteiger partial charge is 0.381 e. The first kappa shape index (κ1) is 12.9. The van der Waals surface area contributed by atoms with Crippen LogP contribution < -0.4 is 5.32 Å². The molecule has 0 aromatic rings. The highest BCUT2D eigenvalue weighted by molar-refractivity contribution is 4.93. The van der Waals surface area contributed by atoms with E-state index >= 15 is 0 Å². The first-order chi connectivity index (χ1) is 8.88. The third-order valence-electron chi connectivity index (χ3n) is 4.76. The molecule has 3 rings (SSSR count). The van der Waals surface area contributed by atoms with Crippen LogP contribution in [0.5, 0.6) is 0 Å². The summed E-state index contributed by atoms with van der Waals surface area (Å²) < 4.78 is 11.6. The zero-order valence-corrected chi connectivity index (χ0v) is 11.3. The van der Waals surface area contributed by atoms with Crippen LogP contribution in [0.15, 0.2) is 0 Å². The van der Waals surface area contributed by atoms with Gasteiger partial charge in [0.15, 0.2) is 0 Å². The van der Waals surface area contributed by atoms with Crippen molar-refractivity contribution in [1.82, 2.24) is 10.2 Å². The van der Waals surface area contributed by atoms with Crippen molar-refractivity contribution >= 4 is 0 Å². The molecule has 4 nitrogen and oxygen atoms in total. The van der Waals surface area contributed by atoms with Crippen LogP contribution in [0.4, 0.5) is 0 Å². The first-order valence-electron chi connectivity index (χ1n) is 7.55. The molecule has 0 radical (unpaired) electrons. The Morgan fingerprint density at radius 1 is 1.06 bits per heavy atom. The number of hydrogen-bond acceptors (Lipinski definition) is 4. The second-order valence-corrected chi connectivity index (χ2v) is 5.93. The molecule has 3 aliphatic heterocycles. The third kappa shape index (κ3) is 2.87. The summed E-state index contributed by atoms with van der Waals surface area (Å²) in [4.78, 5) is 2.69. The highest BCUT2D eigenvalue weighted by atomic mass is 16.5. The lowest BCUT2D eigenvalue weighted by Crippen LogP contribution is -2.51. The predicted molar refractivity (Wildman–Crippen MR) is 70.8 cm³/mol. The monoisotopic (exact) mass is 254 g/mol. The summed E-state index contributed by atoms with van der Waals surface area (Å²) in [7, 11) is 0. The number of nitrogens with zero attached hydrogens (tertiary/aromatic N) is 1. The van der Waals surface area contributed by atoms with Gasteiger partial charge in [-0.1, -0.05) is 0 Å². The van der Waals surface area contributed by atoms with Crippen LogP contribution in [0, 0.1) is 0 Å². The van der Waals surface area contributed by atoms with E-state index in [1.807, 2.05) is 0 Å². The van der Waals surface area contributed by atoms with Gasteiger partial charge in [0.2, 0.25) is 0 Å². The Balaban J connectivity index is 1.61. The fourth-order valence-electron chi connectivity index (χ4n) is 3.64. The molecule has 3 fully saturated rings. The topological polar surface area (TPSA) is 33.7 Å². The van der Waals surface area contributed by atoms with Gasteiger partial charge in [0, 0.05) is 39.0 Å². The summed E-state index contributed by atoms with van der Waals surface area (Å²) in [5, 5.41) is 3.49. The standard InChI is InChI=1S/C14H26N2O2/c1-5-15-6-8-16(7-1)13-2-9-18-14(12-13)3-10-17-11-4-14/h13,15H,1-12H2. The van der Waals surface area contributed by atoms with Gasteiger partial charge in [-0.05, 0) is 45.2 Å². The molecule has 0 aromatic carbocycles. The summed E-state index contributed by atoms with van der Waals surface area (Å²) >= 11 is 0. The predicted octanol–water partition coefficient (Wildman–Crippen LogP) is 1.01. The molecule has 3 heterocycles. The Labute approximate surface area is 110 Å². The van der Waals surface area contributed by atoms with Crippen molar-refractivity contribution in [2.45, 2.75) is 43.7 Å². The van der Waals surface area contributed by atoms with Crippen LogP contribution in [-0.4, -0.2) is 62.5 Å². The van der Waals surface area contributed by atoms with E-state index in [4.69, 9.17) is 9.47 Å². The van der Waals surface area contributed by atoms with Gasteiger partial charge in [-0.15, -0.1) is 0 Å². The van der Waals surface area contributed by atoms with E-state index < -0.39 is 0 Å². The molecular weight excluding hydrogens is 228 g/mol. The van der Waals surface area contributed by atoms with E-state index in [9.17, 15) is 0 Å². The van der Waals surface area contributed by atoms with Crippen molar-refractivity contribution in [2.24, 2.45) is 0 Å². The zero-order chi connectivity index (χ0) is 12.3. The smallest absolute Gasteiger partial charge is 0.0741 e. The third-order valence-corrected chi connectivity index (χ3v) is 4.76. The number of rotatable bonds is 1. The van der Waals surface area contributed by atoms with Crippen molar-refractivity contribution in [1.29, 1.82) is 0 Å². The maximum atomic E-state index is 6.14. The van der Waals surface area contributed by atoms with Gasteiger partial charge in [-0.2, -0.15) is 0 Å². The Bertz CT molecular complexity index is 253. The van der Waals surface area contributed by atoms with E-state index in [1.165, 1.54) is 38.9 Å². The van der Waals surface area contributed by atoms with Crippen molar-refractivity contribution in [3.05, 3.63) is 0 Å². The average molecular weight is 254 g/mol. The molecule has 0 saturated carbocycles. The zero-order valence-electron chi connectivity index (χ0n) is 11.3. The molecule has 18 heavy (non-hydrogen) atoms. The molecule has 1 N–H and O–H groups in total. The lowest BCUT2D eigenvalue weighted by molar-refractivity contribution is -0.151. The van der Waals surface area contributed by atoms with Gasteiger partial charge in [0.1, 0.15) is 0 Å². The van der Waals surface area contributed by atoms with Gasteiger partial charge < -0.3 is 14.8 Å². The quantitative estimate of drug-likeness (QED) is 0.757. The Hall–Kier alpha value is -0.160. The summed E-state index contributed by atoms with van der Waals surface area (Å²) in [5.41, 5.74) is 0.140. The van der Waals surface area contributed by atoms with Crippen molar-refractivity contribution in [3.8, 4) is 0 Å². The molecule has 0 aromatic heterocycles. The average Bonchev–Trinajstić information content (AvgIpc) is 2.68. The first-order valence-corrected chi connectivity index (χ1v) is 7.55.